The molecule has 0 spiro atoms. The van der Waals surface area contributed by atoms with Crippen molar-refractivity contribution in [1.82, 2.24) is 0 Å². The van der Waals surface area contributed by atoms with Gasteiger partial charge in [0, 0.05) is 4.83 Å². The summed E-state index contributed by atoms with van der Waals surface area (Å²) < 4.78 is 0. The van der Waals surface area contributed by atoms with E-state index in [2.05, 4.69) is 65.3 Å². The number of benzene rings is 2. The van der Waals surface area contributed by atoms with E-state index in [1.54, 1.807) is 0 Å². The first-order valence-electron chi connectivity index (χ1n) is 7.79. The first kappa shape index (κ1) is 14.1. The fourth-order valence-electron chi connectivity index (χ4n) is 3.49. The summed E-state index contributed by atoms with van der Waals surface area (Å²) >= 11 is 4.00. The SMILES string of the molecule is CC1(C(Br)Cc2ccc3ccccc3c2)CCCCC1. The third-order valence-electron chi connectivity index (χ3n) is 4.98. The zero-order chi connectivity index (χ0) is 14.0. The Balaban J connectivity index is 1.78. The van der Waals surface area contributed by atoms with E-state index in [9.17, 15) is 0 Å². The molecule has 0 heterocycles. The number of halogens is 1. The molecule has 0 bridgehead atoms. The monoisotopic (exact) mass is 330 g/mol. The minimum absolute atomic E-state index is 0.476. The van der Waals surface area contributed by atoms with Gasteiger partial charge in [0.1, 0.15) is 0 Å². The van der Waals surface area contributed by atoms with E-state index in [4.69, 9.17) is 0 Å². The Kier molecular flexibility index (Phi) is 4.16. The van der Waals surface area contributed by atoms with Crippen LogP contribution in [0.4, 0.5) is 0 Å². The van der Waals surface area contributed by atoms with E-state index in [0.29, 0.717) is 10.2 Å². The second-order valence-corrected chi connectivity index (χ2v) is 7.67. The molecule has 2 aromatic carbocycles. The summed E-state index contributed by atoms with van der Waals surface area (Å²) in [6.07, 6.45) is 8.10. The number of hydrogen-bond acceptors (Lipinski definition) is 0. The lowest BCUT2D eigenvalue weighted by molar-refractivity contribution is 0.211. The third kappa shape index (κ3) is 2.93. The van der Waals surface area contributed by atoms with Crippen LogP contribution in [0.1, 0.15) is 44.6 Å². The predicted molar refractivity (Wildman–Crippen MR) is 91.6 cm³/mol. The highest BCUT2D eigenvalue weighted by Crippen LogP contribution is 2.43. The Labute approximate surface area is 130 Å². The maximum absolute atomic E-state index is 4.00. The van der Waals surface area contributed by atoms with Crippen molar-refractivity contribution in [3.63, 3.8) is 0 Å². The van der Waals surface area contributed by atoms with Gasteiger partial charge >= 0.3 is 0 Å². The van der Waals surface area contributed by atoms with E-state index in [0.717, 1.165) is 6.42 Å². The summed E-state index contributed by atoms with van der Waals surface area (Å²) in [5, 5.41) is 2.70. The van der Waals surface area contributed by atoms with Crippen LogP contribution in [0, 0.1) is 5.41 Å². The highest BCUT2D eigenvalue weighted by atomic mass is 79.9. The maximum atomic E-state index is 4.00. The van der Waals surface area contributed by atoms with Gasteiger partial charge in [-0.3, -0.25) is 0 Å². The van der Waals surface area contributed by atoms with Gasteiger partial charge in [0.2, 0.25) is 0 Å². The van der Waals surface area contributed by atoms with Crippen molar-refractivity contribution in [3.8, 4) is 0 Å². The summed E-state index contributed by atoms with van der Waals surface area (Å²) in [6, 6.07) is 15.5. The Bertz CT molecular complexity index is 581. The molecule has 20 heavy (non-hydrogen) atoms. The van der Waals surface area contributed by atoms with Crippen molar-refractivity contribution in [2.45, 2.75) is 50.3 Å². The molecule has 1 heteroatoms. The van der Waals surface area contributed by atoms with E-state index in [-0.39, 0.29) is 0 Å². The lowest BCUT2D eigenvalue weighted by atomic mass is 9.72. The van der Waals surface area contributed by atoms with Crippen LogP contribution >= 0.6 is 15.9 Å². The minimum Gasteiger partial charge on any atom is -0.0881 e. The van der Waals surface area contributed by atoms with Crippen molar-refractivity contribution < 1.29 is 0 Å². The second-order valence-electron chi connectivity index (χ2n) is 6.57. The zero-order valence-electron chi connectivity index (χ0n) is 12.2. The van der Waals surface area contributed by atoms with Gasteiger partial charge in [-0.2, -0.15) is 0 Å². The van der Waals surface area contributed by atoms with Crippen molar-refractivity contribution in [2.75, 3.05) is 0 Å². The third-order valence-corrected chi connectivity index (χ3v) is 6.41. The van der Waals surface area contributed by atoms with Crippen LogP contribution in [0.15, 0.2) is 42.5 Å². The first-order valence-corrected chi connectivity index (χ1v) is 8.71. The van der Waals surface area contributed by atoms with Gasteiger partial charge in [-0.25, -0.2) is 0 Å². The van der Waals surface area contributed by atoms with E-state index in [1.807, 2.05) is 0 Å². The molecule has 1 fully saturated rings. The highest BCUT2D eigenvalue weighted by molar-refractivity contribution is 9.09. The van der Waals surface area contributed by atoms with Gasteiger partial charge in [-0.15, -0.1) is 0 Å². The van der Waals surface area contributed by atoms with Crippen LogP contribution in [0.2, 0.25) is 0 Å². The number of hydrogen-bond donors (Lipinski definition) is 0. The Morgan fingerprint density at radius 1 is 1.00 bits per heavy atom. The molecule has 1 atom stereocenters. The fraction of sp³-hybridized carbons (Fsp3) is 0.474. The fourth-order valence-corrected chi connectivity index (χ4v) is 4.32. The standard InChI is InChI=1S/C19H23Br/c1-19(11-5-2-6-12-19)18(20)14-15-9-10-16-7-3-4-8-17(16)13-15/h3-4,7-10,13,18H,2,5-6,11-12,14H2,1H3. The molecule has 106 valence electrons. The molecular weight excluding hydrogens is 308 g/mol. The van der Waals surface area contributed by atoms with E-state index in [1.165, 1.54) is 48.4 Å². The smallest absolute Gasteiger partial charge is 0.0239 e. The Morgan fingerprint density at radius 3 is 2.45 bits per heavy atom. The van der Waals surface area contributed by atoms with Crippen LogP contribution in [0.25, 0.3) is 10.8 Å². The van der Waals surface area contributed by atoms with Gasteiger partial charge in [0.25, 0.3) is 0 Å². The summed E-state index contributed by atoms with van der Waals surface area (Å²) in [6.45, 7) is 2.46. The Hall–Kier alpha value is -0.820. The molecule has 2 aromatic rings. The topological polar surface area (TPSA) is 0 Å². The van der Waals surface area contributed by atoms with Crippen LogP contribution in [0.3, 0.4) is 0 Å². The number of fused-ring (bicyclic) bond motifs is 1. The molecule has 1 aliphatic rings. The van der Waals surface area contributed by atoms with E-state index >= 15 is 0 Å². The average Bonchev–Trinajstić information content (AvgIpc) is 2.48. The normalized spacial score (nSPS) is 19.9. The van der Waals surface area contributed by atoms with Gasteiger partial charge in [0.05, 0.1) is 0 Å². The summed E-state index contributed by atoms with van der Waals surface area (Å²) in [5.74, 6) is 0. The Morgan fingerprint density at radius 2 is 1.70 bits per heavy atom. The summed E-state index contributed by atoms with van der Waals surface area (Å²) in [5.41, 5.74) is 1.93. The van der Waals surface area contributed by atoms with Gasteiger partial charge < -0.3 is 0 Å². The lowest BCUT2D eigenvalue weighted by Crippen LogP contribution is -2.31. The molecule has 0 aliphatic heterocycles. The van der Waals surface area contributed by atoms with Crippen LogP contribution in [-0.4, -0.2) is 4.83 Å². The van der Waals surface area contributed by atoms with Crippen molar-refractivity contribution in [3.05, 3.63) is 48.0 Å². The average molecular weight is 331 g/mol. The molecule has 1 saturated carbocycles. The summed E-state index contributed by atoms with van der Waals surface area (Å²) in [4.78, 5) is 0.594. The highest BCUT2D eigenvalue weighted by Gasteiger charge is 2.33. The summed E-state index contributed by atoms with van der Waals surface area (Å²) in [7, 11) is 0. The molecule has 1 unspecified atom stereocenters. The molecule has 0 amide bonds. The van der Waals surface area contributed by atoms with Crippen LogP contribution in [0.5, 0.6) is 0 Å². The van der Waals surface area contributed by atoms with Crippen molar-refractivity contribution in [2.24, 2.45) is 5.41 Å². The lowest BCUT2D eigenvalue weighted by Gasteiger charge is -2.38. The van der Waals surface area contributed by atoms with Crippen LogP contribution in [-0.2, 0) is 6.42 Å². The first-order chi connectivity index (χ1) is 9.67. The molecule has 3 rings (SSSR count). The van der Waals surface area contributed by atoms with Gasteiger partial charge in [-0.05, 0) is 41.0 Å². The second kappa shape index (κ2) is 5.89. The predicted octanol–water partition coefficient (Wildman–Crippen LogP) is 6.12. The van der Waals surface area contributed by atoms with Crippen LogP contribution < -0.4 is 0 Å². The molecular formula is C19H23Br. The molecule has 0 N–H and O–H groups in total. The van der Waals surface area contributed by atoms with Crippen molar-refractivity contribution >= 4 is 26.7 Å². The molecule has 0 radical (unpaired) electrons. The number of rotatable bonds is 3. The number of alkyl halides is 1. The van der Waals surface area contributed by atoms with Gasteiger partial charge in [0.15, 0.2) is 0 Å². The van der Waals surface area contributed by atoms with E-state index < -0.39 is 0 Å². The maximum Gasteiger partial charge on any atom is 0.0239 e. The zero-order valence-corrected chi connectivity index (χ0v) is 13.8. The largest absolute Gasteiger partial charge is 0.0881 e. The van der Waals surface area contributed by atoms with Crippen molar-refractivity contribution in [1.29, 1.82) is 0 Å². The minimum atomic E-state index is 0.476. The van der Waals surface area contributed by atoms with Gasteiger partial charge in [-0.1, -0.05) is 84.6 Å². The molecule has 0 nitrogen and oxygen atoms in total. The molecule has 1 aliphatic carbocycles. The molecule has 0 aromatic heterocycles. The quantitative estimate of drug-likeness (QED) is 0.595. The molecule has 0 saturated heterocycles.